The Morgan fingerprint density at radius 1 is 0.435 bits per heavy atom. The summed E-state index contributed by atoms with van der Waals surface area (Å²) in [5.74, 6) is 0. The Balaban J connectivity index is 1.09. The molecule has 14 heteroatoms. The second-order valence-electron chi connectivity index (χ2n) is 17.1. The molecule has 6 aromatic rings. The van der Waals surface area contributed by atoms with Crippen molar-refractivity contribution in [1.29, 1.82) is 0 Å². The Morgan fingerprint density at radius 2 is 0.783 bits per heavy atom. The summed E-state index contributed by atoms with van der Waals surface area (Å²) in [6, 6.07) is 57.2. The summed E-state index contributed by atoms with van der Waals surface area (Å²) in [6.07, 6.45) is -10.8. The van der Waals surface area contributed by atoms with Crippen LogP contribution in [0.15, 0.2) is 187 Å². The lowest BCUT2D eigenvalue weighted by Gasteiger charge is -2.49. The SMILES string of the molecule is [N-]=[N+]=NC1[C@H](O[C@@H]2C3OC(=O)O[C@@H]3C(OCc3ccccc3)C(OCc3ccccc3)[C@@H]2OCc2ccccc2)OC(COCc2ccccc2)[C@@H](OCc2ccccc2)[C@@H]1OCc1ccccc1. The maximum absolute atomic E-state index is 13.4. The summed E-state index contributed by atoms with van der Waals surface area (Å²) >= 11 is 0. The number of rotatable bonds is 22. The van der Waals surface area contributed by atoms with Crippen molar-refractivity contribution in [3.63, 3.8) is 0 Å². The molecule has 1 aliphatic carbocycles. The molecule has 0 aromatic heterocycles. The monoisotopic (exact) mass is 933 g/mol. The number of azide groups is 1. The molecule has 69 heavy (non-hydrogen) atoms. The number of benzene rings is 6. The zero-order valence-electron chi connectivity index (χ0n) is 38.0. The van der Waals surface area contributed by atoms with Crippen molar-refractivity contribution in [2.75, 3.05) is 6.61 Å². The molecule has 0 spiro atoms. The van der Waals surface area contributed by atoms with Gasteiger partial charge in [-0.15, -0.1) is 0 Å². The van der Waals surface area contributed by atoms with Crippen LogP contribution in [0.25, 0.3) is 10.4 Å². The number of carbonyl (C=O) groups excluding carboxylic acids is 1. The molecule has 356 valence electrons. The van der Waals surface area contributed by atoms with Crippen molar-refractivity contribution in [2.24, 2.45) is 5.11 Å². The van der Waals surface area contributed by atoms with Crippen LogP contribution in [-0.4, -0.2) is 80.0 Å². The molecule has 1 saturated carbocycles. The number of carbonyl (C=O) groups is 1. The van der Waals surface area contributed by atoms with Gasteiger partial charge >= 0.3 is 6.16 Å². The standard InChI is InChI=1S/C55H55N3O11/c56-58-57-45-47(62-33-40-23-11-3-12-24-40)46(61-32-39-21-9-2-10-22-39)44(37-60-31-38-19-7-1-8-20-38)66-54(45)67-51-49(64-35-42-27-15-5-16-28-42)48(63-34-41-25-13-4-14-26-41)50(52-53(51)69-55(59)68-52)65-36-43-29-17-6-18-30-43/h1-30,44-54H,31-37H2/t44?,45?,46-,47-,48?,49+,50?,51+,52-,53?,54+/m1/s1. The van der Waals surface area contributed by atoms with E-state index in [1.54, 1.807) is 0 Å². The third kappa shape index (κ3) is 12.6. The van der Waals surface area contributed by atoms with Crippen LogP contribution in [0.4, 0.5) is 4.79 Å². The van der Waals surface area contributed by atoms with Crippen LogP contribution in [0.3, 0.4) is 0 Å². The van der Waals surface area contributed by atoms with E-state index in [0.29, 0.717) is 0 Å². The normalized spacial score (nSPS) is 26.3. The van der Waals surface area contributed by atoms with Crippen molar-refractivity contribution >= 4 is 6.16 Å². The van der Waals surface area contributed by atoms with Gasteiger partial charge in [-0.3, -0.25) is 0 Å². The van der Waals surface area contributed by atoms with Crippen LogP contribution in [-0.2, 0) is 87.0 Å². The lowest BCUT2D eigenvalue weighted by Crippen LogP contribution is -2.68. The first kappa shape index (κ1) is 47.6. The molecule has 3 aliphatic rings. The van der Waals surface area contributed by atoms with Crippen LogP contribution >= 0.6 is 0 Å². The zero-order valence-corrected chi connectivity index (χ0v) is 38.0. The Hall–Kier alpha value is -6.42. The summed E-state index contributed by atoms with van der Waals surface area (Å²) in [5.41, 5.74) is 15.8. The van der Waals surface area contributed by atoms with Gasteiger partial charge in [0.1, 0.15) is 48.8 Å². The highest BCUT2D eigenvalue weighted by atomic mass is 16.8. The molecule has 9 rings (SSSR count). The highest BCUT2D eigenvalue weighted by Gasteiger charge is 2.62. The molecule has 2 saturated heterocycles. The van der Waals surface area contributed by atoms with Gasteiger partial charge in [0.25, 0.3) is 0 Å². The molecular formula is C55H55N3O11. The van der Waals surface area contributed by atoms with Gasteiger partial charge in [0.2, 0.25) is 0 Å². The van der Waals surface area contributed by atoms with Gasteiger partial charge in [0, 0.05) is 4.91 Å². The van der Waals surface area contributed by atoms with E-state index in [-0.39, 0.29) is 46.2 Å². The quantitative estimate of drug-likeness (QED) is 0.0276. The van der Waals surface area contributed by atoms with E-state index in [9.17, 15) is 10.3 Å². The van der Waals surface area contributed by atoms with Gasteiger partial charge < -0.3 is 47.4 Å². The predicted molar refractivity (Wildman–Crippen MR) is 253 cm³/mol. The fraction of sp³-hybridized carbons (Fsp3) is 0.327. The first-order chi connectivity index (χ1) is 34.1. The Kier molecular flexibility index (Phi) is 16.7. The molecule has 11 atom stereocenters. The second-order valence-corrected chi connectivity index (χ2v) is 17.1. The number of ether oxygens (including phenoxy) is 10. The van der Waals surface area contributed by atoms with E-state index < -0.39 is 73.4 Å². The zero-order chi connectivity index (χ0) is 47.0. The Labute approximate surface area is 401 Å². The highest BCUT2D eigenvalue weighted by Crippen LogP contribution is 2.41. The van der Waals surface area contributed by atoms with E-state index in [1.807, 2.05) is 182 Å². The third-order valence-electron chi connectivity index (χ3n) is 12.3. The summed E-state index contributed by atoms with van der Waals surface area (Å²) in [5, 5.41) is 4.33. The molecule has 0 N–H and O–H groups in total. The first-order valence-electron chi connectivity index (χ1n) is 23.2. The van der Waals surface area contributed by atoms with Crippen LogP contribution in [0.5, 0.6) is 0 Å². The lowest BCUT2D eigenvalue weighted by atomic mass is 9.83. The van der Waals surface area contributed by atoms with Crippen molar-refractivity contribution in [3.8, 4) is 0 Å². The van der Waals surface area contributed by atoms with E-state index in [2.05, 4.69) is 10.0 Å². The lowest BCUT2D eigenvalue weighted by molar-refractivity contribution is -0.327. The Bertz CT molecular complexity index is 2510. The van der Waals surface area contributed by atoms with Gasteiger partial charge in [0.15, 0.2) is 18.5 Å². The average molecular weight is 934 g/mol. The molecule has 3 fully saturated rings. The minimum absolute atomic E-state index is 0.0450. The molecule has 0 bridgehead atoms. The molecule has 6 aromatic carbocycles. The van der Waals surface area contributed by atoms with Crippen LogP contribution < -0.4 is 0 Å². The smallest absolute Gasteiger partial charge is 0.424 e. The van der Waals surface area contributed by atoms with E-state index in [1.165, 1.54) is 0 Å². The number of nitrogens with zero attached hydrogens (tertiary/aromatic N) is 3. The first-order valence-corrected chi connectivity index (χ1v) is 23.2. The molecule has 0 radical (unpaired) electrons. The largest absolute Gasteiger partial charge is 0.509 e. The Morgan fingerprint density at radius 3 is 1.20 bits per heavy atom. The fourth-order valence-corrected chi connectivity index (χ4v) is 8.93. The molecule has 5 unspecified atom stereocenters. The third-order valence-corrected chi connectivity index (χ3v) is 12.3. The van der Waals surface area contributed by atoms with Crippen molar-refractivity contribution in [3.05, 3.63) is 226 Å². The summed E-state index contributed by atoms with van der Waals surface area (Å²) in [7, 11) is 0. The van der Waals surface area contributed by atoms with Gasteiger partial charge in [0.05, 0.1) is 46.2 Å². The molecule has 14 nitrogen and oxygen atoms in total. The fourth-order valence-electron chi connectivity index (χ4n) is 8.93. The topological polar surface area (TPSA) is 158 Å². The van der Waals surface area contributed by atoms with E-state index in [4.69, 9.17) is 47.4 Å². The predicted octanol–water partition coefficient (Wildman–Crippen LogP) is 9.84. The minimum atomic E-state index is -1.33. The summed E-state index contributed by atoms with van der Waals surface area (Å²) in [4.78, 5) is 16.7. The van der Waals surface area contributed by atoms with Gasteiger partial charge in [-0.05, 0) is 38.9 Å². The van der Waals surface area contributed by atoms with Crippen LogP contribution in [0, 0.1) is 0 Å². The maximum Gasteiger partial charge on any atom is 0.509 e. The number of fused-ring (bicyclic) bond motifs is 1. The maximum atomic E-state index is 13.4. The molecule has 2 aliphatic heterocycles. The van der Waals surface area contributed by atoms with E-state index in [0.717, 1.165) is 33.4 Å². The molecule has 0 amide bonds. The summed E-state index contributed by atoms with van der Waals surface area (Å²) < 4.78 is 66.5. The van der Waals surface area contributed by atoms with Gasteiger partial charge in [-0.2, -0.15) is 0 Å². The second kappa shape index (κ2) is 24.2. The molecular weight excluding hydrogens is 879 g/mol. The highest BCUT2D eigenvalue weighted by molar-refractivity contribution is 5.63. The average Bonchev–Trinajstić information content (AvgIpc) is 3.80. The van der Waals surface area contributed by atoms with Crippen molar-refractivity contribution < 1.29 is 52.2 Å². The van der Waals surface area contributed by atoms with Crippen LogP contribution in [0.2, 0.25) is 0 Å². The molecule has 2 heterocycles. The van der Waals surface area contributed by atoms with Gasteiger partial charge in [-0.25, -0.2) is 4.79 Å². The van der Waals surface area contributed by atoms with Crippen molar-refractivity contribution in [1.82, 2.24) is 0 Å². The van der Waals surface area contributed by atoms with E-state index >= 15 is 0 Å². The van der Waals surface area contributed by atoms with Gasteiger partial charge in [-0.1, -0.05) is 187 Å². The summed E-state index contributed by atoms with van der Waals surface area (Å²) in [6.45, 7) is 1.15. The number of hydrogen-bond donors (Lipinski definition) is 0. The number of hydrogen-bond acceptors (Lipinski definition) is 12. The van der Waals surface area contributed by atoms with Crippen molar-refractivity contribution in [2.45, 2.75) is 107 Å². The minimum Gasteiger partial charge on any atom is -0.424 e. The van der Waals surface area contributed by atoms with Crippen LogP contribution in [0.1, 0.15) is 33.4 Å².